The van der Waals surface area contributed by atoms with Gasteiger partial charge in [-0.25, -0.2) is 0 Å². The van der Waals surface area contributed by atoms with Crippen molar-refractivity contribution in [3.63, 3.8) is 0 Å². The van der Waals surface area contributed by atoms with Gasteiger partial charge < -0.3 is 14.2 Å². The average molecular weight is 276 g/mol. The monoisotopic (exact) mass is 276 g/mol. The Morgan fingerprint density at radius 2 is 1.70 bits per heavy atom. The van der Waals surface area contributed by atoms with E-state index in [-0.39, 0.29) is 5.91 Å². The third kappa shape index (κ3) is 2.58. The molecule has 1 amide bonds. The molecule has 0 unspecified atom stereocenters. The normalized spacial score (nSPS) is 20.0. The molecule has 1 saturated heterocycles. The molecule has 2 heterocycles. The zero-order valence-corrected chi connectivity index (χ0v) is 12.9. The summed E-state index contributed by atoms with van der Waals surface area (Å²) in [5, 5.41) is 0. The van der Waals surface area contributed by atoms with Gasteiger partial charge in [0.15, 0.2) is 0 Å². The van der Waals surface area contributed by atoms with Crippen LogP contribution in [0.3, 0.4) is 0 Å². The lowest BCUT2D eigenvalue weighted by atomic mass is 9.84. The molecule has 0 atom stereocenters. The van der Waals surface area contributed by atoms with Crippen molar-refractivity contribution < 1.29 is 14.1 Å². The van der Waals surface area contributed by atoms with E-state index in [1.807, 2.05) is 27.7 Å². The molecule has 5 nitrogen and oxygen atoms in total. The number of carbonyl (C=O) groups is 1. The Kier molecular flexibility index (Phi) is 3.65. The maximum Gasteiger partial charge on any atom is 0.514 e. The Bertz CT molecular complexity index is 496. The third-order valence-corrected chi connectivity index (χ3v) is 3.93. The summed E-state index contributed by atoms with van der Waals surface area (Å²) in [6.45, 7) is 7.99. The summed E-state index contributed by atoms with van der Waals surface area (Å²) >= 11 is 0. The van der Waals surface area contributed by atoms with E-state index in [2.05, 4.69) is 4.98 Å². The Balaban J connectivity index is 2.18. The Hall–Kier alpha value is -1.40. The van der Waals surface area contributed by atoms with Gasteiger partial charge in [-0.1, -0.05) is 0 Å². The number of rotatable bonds is 2. The molecule has 0 saturated carbocycles. The lowest BCUT2D eigenvalue weighted by Crippen LogP contribution is -2.41. The van der Waals surface area contributed by atoms with Crippen LogP contribution in [0.2, 0.25) is 0 Å². The van der Waals surface area contributed by atoms with E-state index in [0.717, 1.165) is 0 Å². The minimum absolute atomic E-state index is 0.0713. The van der Waals surface area contributed by atoms with Gasteiger partial charge in [-0.15, -0.1) is 0 Å². The van der Waals surface area contributed by atoms with Crippen molar-refractivity contribution in [3.8, 4) is 0 Å². The molecule has 2 rings (SSSR count). The average Bonchev–Trinajstić information content (AvgIpc) is 2.57. The van der Waals surface area contributed by atoms with Crippen LogP contribution in [0, 0.1) is 0 Å². The van der Waals surface area contributed by atoms with Crippen LogP contribution in [0.25, 0.3) is 0 Å². The summed E-state index contributed by atoms with van der Waals surface area (Å²) in [7, 11) is 2.93. The second-order valence-electron chi connectivity index (χ2n) is 6.26. The molecule has 1 aromatic heterocycles. The molecule has 108 valence electrons. The van der Waals surface area contributed by atoms with E-state index in [9.17, 15) is 4.79 Å². The first-order valence-electron chi connectivity index (χ1n) is 6.67. The van der Waals surface area contributed by atoms with Crippen molar-refractivity contribution in [3.05, 3.63) is 23.9 Å². The summed E-state index contributed by atoms with van der Waals surface area (Å²) in [4.78, 5) is 17.6. The highest BCUT2D eigenvalue weighted by atomic mass is 16.7. The van der Waals surface area contributed by atoms with E-state index in [0.29, 0.717) is 11.2 Å². The number of aromatic nitrogens is 1. The zero-order chi connectivity index (χ0) is 15.1. The molecular weight excluding hydrogens is 255 g/mol. The number of amides is 1. The van der Waals surface area contributed by atoms with Gasteiger partial charge in [-0.2, -0.15) is 0 Å². The highest BCUT2D eigenvalue weighted by Crippen LogP contribution is 2.36. The highest BCUT2D eigenvalue weighted by Gasteiger charge is 2.52. The summed E-state index contributed by atoms with van der Waals surface area (Å²) in [5.74, 6) is -0.0713. The summed E-state index contributed by atoms with van der Waals surface area (Å²) in [6.07, 6.45) is 1.56. The Morgan fingerprint density at radius 3 is 2.10 bits per heavy atom. The van der Waals surface area contributed by atoms with Crippen LogP contribution >= 0.6 is 0 Å². The molecular formula is C14H21BN2O3. The number of hydrogen-bond donors (Lipinski definition) is 0. The van der Waals surface area contributed by atoms with Gasteiger partial charge >= 0.3 is 7.12 Å². The maximum absolute atomic E-state index is 11.8. The van der Waals surface area contributed by atoms with Crippen molar-refractivity contribution in [1.29, 1.82) is 0 Å². The SMILES string of the molecule is CN(C)C(=O)c1ccc(B2OC(C)(C)C(C)(C)O2)nc1. The molecule has 0 aliphatic carbocycles. The summed E-state index contributed by atoms with van der Waals surface area (Å²) < 4.78 is 11.8. The van der Waals surface area contributed by atoms with Crippen LogP contribution in [0.5, 0.6) is 0 Å². The maximum atomic E-state index is 11.8. The molecule has 0 N–H and O–H groups in total. The van der Waals surface area contributed by atoms with E-state index in [1.54, 1.807) is 32.4 Å². The van der Waals surface area contributed by atoms with E-state index in [4.69, 9.17) is 9.31 Å². The fourth-order valence-corrected chi connectivity index (χ4v) is 1.89. The van der Waals surface area contributed by atoms with Crippen molar-refractivity contribution in [1.82, 2.24) is 9.88 Å². The molecule has 0 aromatic carbocycles. The van der Waals surface area contributed by atoms with Crippen LogP contribution in [0.15, 0.2) is 18.3 Å². The van der Waals surface area contributed by atoms with Gasteiger partial charge in [0.1, 0.15) is 0 Å². The van der Waals surface area contributed by atoms with Gasteiger partial charge in [0.05, 0.1) is 22.4 Å². The number of hydrogen-bond acceptors (Lipinski definition) is 4. The van der Waals surface area contributed by atoms with Crippen LogP contribution in [0.1, 0.15) is 38.1 Å². The summed E-state index contributed by atoms with van der Waals surface area (Å²) in [6, 6.07) is 3.52. The van der Waals surface area contributed by atoms with Crippen LogP contribution in [0.4, 0.5) is 0 Å². The van der Waals surface area contributed by atoms with Gasteiger partial charge in [0, 0.05) is 20.3 Å². The zero-order valence-electron chi connectivity index (χ0n) is 12.9. The lowest BCUT2D eigenvalue weighted by Gasteiger charge is -2.32. The first-order valence-corrected chi connectivity index (χ1v) is 6.67. The largest absolute Gasteiger partial charge is 0.514 e. The molecule has 1 fully saturated rings. The number of pyridine rings is 1. The van der Waals surface area contributed by atoms with E-state index in [1.165, 1.54) is 4.90 Å². The van der Waals surface area contributed by atoms with Gasteiger partial charge in [0.2, 0.25) is 0 Å². The first-order chi connectivity index (χ1) is 9.14. The van der Waals surface area contributed by atoms with Crippen LogP contribution < -0.4 is 5.59 Å². The first kappa shape index (κ1) is 15.0. The van der Waals surface area contributed by atoms with Crippen LogP contribution in [-0.2, 0) is 9.31 Å². The van der Waals surface area contributed by atoms with Gasteiger partial charge in [-0.3, -0.25) is 9.78 Å². The predicted octanol–water partition coefficient (Wildman–Crippen LogP) is 1.08. The molecule has 0 spiro atoms. The molecule has 0 bridgehead atoms. The van der Waals surface area contributed by atoms with Crippen molar-refractivity contribution in [2.75, 3.05) is 14.1 Å². The fourth-order valence-electron chi connectivity index (χ4n) is 1.89. The predicted molar refractivity (Wildman–Crippen MR) is 78.0 cm³/mol. The smallest absolute Gasteiger partial charge is 0.398 e. The molecule has 20 heavy (non-hydrogen) atoms. The van der Waals surface area contributed by atoms with Gasteiger partial charge in [-0.05, 0) is 39.8 Å². The van der Waals surface area contributed by atoms with Crippen LogP contribution in [-0.4, -0.2) is 48.2 Å². The minimum atomic E-state index is -0.497. The quantitative estimate of drug-likeness (QED) is 0.758. The topological polar surface area (TPSA) is 51.7 Å². The highest BCUT2D eigenvalue weighted by molar-refractivity contribution is 6.61. The van der Waals surface area contributed by atoms with E-state index >= 15 is 0 Å². The fraction of sp³-hybridized carbons (Fsp3) is 0.571. The minimum Gasteiger partial charge on any atom is -0.398 e. The number of nitrogens with zero attached hydrogens (tertiary/aromatic N) is 2. The molecule has 1 aliphatic heterocycles. The van der Waals surface area contributed by atoms with E-state index < -0.39 is 18.3 Å². The number of carbonyl (C=O) groups excluding carboxylic acids is 1. The second-order valence-corrected chi connectivity index (χ2v) is 6.26. The lowest BCUT2D eigenvalue weighted by molar-refractivity contribution is 0.00578. The van der Waals surface area contributed by atoms with Gasteiger partial charge in [0.25, 0.3) is 5.91 Å². The van der Waals surface area contributed by atoms with Crippen molar-refractivity contribution in [2.24, 2.45) is 0 Å². The Labute approximate surface area is 120 Å². The Morgan fingerprint density at radius 1 is 1.15 bits per heavy atom. The second kappa shape index (κ2) is 4.86. The molecule has 6 heteroatoms. The third-order valence-electron chi connectivity index (χ3n) is 3.93. The molecule has 1 aromatic rings. The standard InChI is InChI=1S/C14H21BN2O3/c1-13(2)14(3,4)20-15(19-13)11-8-7-10(9-16-11)12(18)17(5)6/h7-9H,1-6H3. The molecule has 1 aliphatic rings. The summed E-state index contributed by atoms with van der Waals surface area (Å²) in [5.41, 5.74) is 0.448. The molecule has 0 radical (unpaired) electrons. The van der Waals surface area contributed by atoms with Crippen molar-refractivity contribution in [2.45, 2.75) is 38.9 Å². The van der Waals surface area contributed by atoms with Crippen molar-refractivity contribution >= 4 is 18.6 Å².